The van der Waals surface area contributed by atoms with Gasteiger partial charge in [-0.15, -0.1) is 0 Å². The average Bonchev–Trinajstić information content (AvgIpc) is 3.31. The van der Waals surface area contributed by atoms with Gasteiger partial charge in [-0.2, -0.15) is 4.98 Å². The summed E-state index contributed by atoms with van der Waals surface area (Å²) in [7, 11) is 0. The fourth-order valence-corrected chi connectivity index (χ4v) is 4.08. The normalized spacial score (nSPS) is 21.7. The number of imidazole rings is 1. The van der Waals surface area contributed by atoms with Crippen molar-refractivity contribution in [2.75, 3.05) is 31.2 Å². The van der Waals surface area contributed by atoms with Crippen molar-refractivity contribution in [3.8, 4) is 6.01 Å². The predicted molar refractivity (Wildman–Crippen MR) is 112 cm³/mol. The van der Waals surface area contributed by atoms with Gasteiger partial charge in [0.2, 0.25) is 0 Å². The zero-order valence-electron chi connectivity index (χ0n) is 17.2. The molecule has 1 N–H and O–H groups in total. The van der Waals surface area contributed by atoms with E-state index in [0.717, 1.165) is 50.2 Å². The van der Waals surface area contributed by atoms with E-state index in [1.807, 2.05) is 16.7 Å². The second kappa shape index (κ2) is 8.84. The summed E-state index contributed by atoms with van der Waals surface area (Å²) in [4.78, 5) is 31.6. The maximum Gasteiger partial charge on any atom is 0.304 e. The molecule has 3 aromatic heterocycles. The van der Waals surface area contributed by atoms with Gasteiger partial charge in [0.05, 0.1) is 18.8 Å². The van der Waals surface area contributed by atoms with Crippen LogP contribution in [0.2, 0.25) is 0 Å². The van der Waals surface area contributed by atoms with Crippen molar-refractivity contribution in [1.82, 2.24) is 29.7 Å². The second-order valence-electron chi connectivity index (χ2n) is 7.84. The maximum atomic E-state index is 12.3. The van der Waals surface area contributed by atoms with Gasteiger partial charge in [-0.25, -0.2) is 15.0 Å². The first kappa shape index (κ1) is 19.7. The summed E-state index contributed by atoms with van der Waals surface area (Å²) in [5, 5.41) is 3.07. The van der Waals surface area contributed by atoms with E-state index in [1.165, 1.54) is 18.7 Å². The highest BCUT2D eigenvalue weighted by molar-refractivity contribution is 5.93. The van der Waals surface area contributed by atoms with Crippen LogP contribution in [-0.2, 0) is 4.74 Å². The van der Waals surface area contributed by atoms with Gasteiger partial charge in [-0.1, -0.05) is 0 Å². The summed E-state index contributed by atoms with van der Waals surface area (Å²) < 4.78 is 13.7. The molecule has 31 heavy (non-hydrogen) atoms. The molecule has 1 amide bonds. The van der Waals surface area contributed by atoms with Gasteiger partial charge in [-0.05, 0) is 25.7 Å². The molecule has 0 unspecified atom stereocenters. The van der Waals surface area contributed by atoms with Crippen molar-refractivity contribution in [2.45, 2.75) is 37.8 Å². The number of carbonyl (C=O) groups is 1. The van der Waals surface area contributed by atoms with E-state index in [4.69, 9.17) is 14.5 Å². The Hall–Kier alpha value is -3.27. The van der Waals surface area contributed by atoms with Crippen LogP contribution in [0.3, 0.4) is 0 Å². The van der Waals surface area contributed by atoms with Crippen LogP contribution >= 0.6 is 0 Å². The van der Waals surface area contributed by atoms with Gasteiger partial charge in [0.15, 0.2) is 0 Å². The van der Waals surface area contributed by atoms with Crippen LogP contribution in [0, 0.1) is 0 Å². The lowest BCUT2D eigenvalue weighted by Crippen LogP contribution is -2.40. The number of hydrogen-bond donors (Lipinski definition) is 1. The number of ether oxygens (including phenoxy) is 2. The number of amides is 1. The van der Waals surface area contributed by atoms with E-state index in [2.05, 4.69) is 25.2 Å². The highest BCUT2D eigenvalue weighted by Gasteiger charge is 2.26. The molecule has 1 aliphatic heterocycles. The fraction of sp³-hybridized carbons (Fsp3) is 0.476. The molecule has 3 aromatic rings. The van der Waals surface area contributed by atoms with E-state index in [-0.39, 0.29) is 18.1 Å². The van der Waals surface area contributed by atoms with Gasteiger partial charge in [0.1, 0.15) is 23.9 Å². The fourth-order valence-electron chi connectivity index (χ4n) is 4.08. The minimum atomic E-state index is -0.134. The number of fused-ring (bicyclic) bond motifs is 1. The van der Waals surface area contributed by atoms with Gasteiger partial charge in [-0.3, -0.25) is 9.20 Å². The number of nitrogens with zero attached hydrogens (tertiary/aromatic N) is 6. The number of nitrogens with one attached hydrogen (secondary N) is 1. The van der Waals surface area contributed by atoms with Crippen LogP contribution < -0.4 is 15.0 Å². The Morgan fingerprint density at radius 1 is 1.13 bits per heavy atom. The highest BCUT2D eigenvalue weighted by atomic mass is 16.5. The van der Waals surface area contributed by atoms with E-state index in [1.54, 1.807) is 6.20 Å². The quantitative estimate of drug-likeness (QED) is 0.658. The van der Waals surface area contributed by atoms with E-state index < -0.39 is 0 Å². The molecule has 2 fully saturated rings. The van der Waals surface area contributed by atoms with Crippen molar-refractivity contribution < 1.29 is 14.3 Å². The number of rotatable bonds is 5. The lowest BCUT2D eigenvalue weighted by atomic mass is 9.93. The Morgan fingerprint density at radius 3 is 2.68 bits per heavy atom. The lowest BCUT2D eigenvalue weighted by molar-refractivity contribution is 0.0883. The summed E-state index contributed by atoms with van der Waals surface area (Å²) in [5.41, 5.74) is 1.30. The third kappa shape index (κ3) is 4.43. The predicted octanol–water partition coefficient (Wildman–Crippen LogP) is 1.48. The first-order valence-corrected chi connectivity index (χ1v) is 10.7. The van der Waals surface area contributed by atoms with E-state index in [9.17, 15) is 4.79 Å². The Morgan fingerprint density at radius 2 is 1.90 bits per heavy atom. The highest BCUT2D eigenvalue weighted by Crippen LogP contribution is 2.26. The summed E-state index contributed by atoms with van der Waals surface area (Å²) in [5.74, 6) is 0.730. The molecule has 0 spiro atoms. The monoisotopic (exact) mass is 423 g/mol. The van der Waals surface area contributed by atoms with Gasteiger partial charge < -0.3 is 19.7 Å². The Bertz CT molecular complexity index is 1030. The first-order valence-electron chi connectivity index (χ1n) is 10.7. The summed E-state index contributed by atoms with van der Waals surface area (Å²) >= 11 is 0. The summed E-state index contributed by atoms with van der Waals surface area (Å²) in [6.45, 7) is 3.01. The molecule has 0 radical (unpaired) electrons. The van der Waals surface area contributed by atoms with E-state index >= 15 is 0 Å². The molecule has 1 saturated heterocycles. The average molecular weight is 423 g/mol. The van der Waals surface area contributed by atoms with Crippen molar-refractivity contribution in [3.05, 3.63) is 42.7 Å². The van der Waals surface area contributed by atoms with E-state index in [0.29, 0.717) is 24.8 Å². The molecule has 1 aliphatic carbocycles. The van der Waals surface area contributed by atoms with Crippen LogP contribution in [0.4, 0.5) is 5.82 Å². The van der Waals surface area contributed by atoms with Gasteiger partial charge in [0.25, 0.3) is 5.91 Å². The first-order chi connectivity index (χ1) is 15.3. The third-order valence-corrected chi connectivity index (χ3v) is 5.78. The molecule has 2 aliphatic rings. The molecule has 5 rings (SSSR count). The Balaban J connectivity index is 1.23. The molecule has 0 atom stereocenters. The minimum absolute atomic E-state index is 0.0475. The molecular formula is C21H25N7O3. The van der Waals surface area contributed by atoms with Crippen LogP contribution in [0.25, 0.3) is 5.65 Å². The molecule has 0 aromatic carbocycles. The van der Waals surface area contributed by atoms with Gasteiger partial charge in [0, 0.05) is 50.0 Å². The Kier molecular flexibility index (Phi) is 5.61. The molecular weight excluding hydrogens is 398 g/mol. The summed E-state index contributed by atoms with van der Waals surface area (Å²) in [6.07, 6.45) is 11.5. The topological polar surface area (TPSA) is 107 Å². The van der Waals surface area contributed by atoms with Crippen LogP contribution in [0.15, 0.2) is 37.2 Å². The number of hydrogen-bond acceptors (Lipinski definition) is 8. The molecule has 10 heteroatoms. The van der Waals surface area contributed by atoms with Crippen LogP contribution in [0.5, 0.6) is 6.01 Å². The molecule has 4 heterocycles. The third-order valence-electron chi connectivity index (χ3n) is 5.78. The zero-order chi connectivity index (χ0) is 21.0. The van der Waals surface area contributed by atoms with Crippen molar-refractivity contribution in [2.24, 2.45) is 0 Å². The van der Waals surface area contributed by atoms with Gasteiger partial charge >= 0.3 is 6.01 Å². The largest absolute Gasteiger partial charge is 0.461 e. The minimum Gasteiger partial charge on any atom is -0.461 e. The number of carbonyl (C=O) groups excluding carboxylic acids is 1. The smallest absolute Gasteiger partial charge is 0.304 e. The molecule has 10 nitrogen and oxygen atoms in total. The van der Waals surface area contributed by atoms with Crippen molar-refractivity contribution in [3.63, 3.8) is 0 Å². The number of anilines is 1. The molecule has 0 bridgehead atoms. The lowest BCUT2D eigenvalue weighted by Gasteiger charge is -2.30. The molecule has 1 saturated carbocycles. The van der Waals surface area contributed by atoms with Crippen molar-refractivity contribution in [1.29, 1.82) is 0 Å². The van der Waals surface area contributed by atoms with Crippen LogP contribution in [-0.4, -0.2) is 68.7 Å². The standard InChI is InChI=1S/C21H25N7O3/c29-20(15-12-22-14-23-13-15)25-16-1-3-17(4-2-16)31-21-26-19(27-7-9-30-10-8-27)11-18-24-5-6-28(18)21/h5-6,11-14,16-17H,1-4,7-10H2,(H,25,29). The van der Waals surface area contributed by atoms with Crippen LogP contribution in [0.1, 0.15) is 36.0 Å². The zero-order valence-corrected chi connectivity index (χ0v) is 17.2. The maximum absolute atomic E-state index is 12.3. The summed E-state index contributed by atoms with van der Waals surface area (Å²) in [6, 6.07) is 2.66. The molecule has 162 valence electrons. The van der Waals surface area contributed by atoms with Crippen molar-refractivity contribution >= 4 is 17.4 Å². The Labute approximate surface area is 179 Å². The second-order valence-corrected chi connectivity index (χ2v) is 7.84. The number of aromatic nitrogens is 5. The SMILES string of the molecule is O=C(NC1CCC(Oc2nc(N3CCOCC3)cc3nccn23)CC1)c1cncnc1. The number of morpholine rings is 1.